The molecule has 2 aromatic carbocycles. The van der Waals surface area contributed by atoms with Gasteiger partial charge in [0.2, 0.25) is 11.3 Å². The van der Waals surface area contributed by atoms with Crippen molar-refractivity contribution in [1.82, 2.24) is 19.9 Å². The summed E-state index contributed by atoms with van der Waals surface area (Å²) in [4.78, 5) is 17.7. The highest BCUT2D eigenvalue weighted by Crippen LogP contribution is 2.23. The molecule has 6 nitrogen and oxygen atoms in total. The molecule has 0 amide bonds. The molecular formula is C19H13ClN4O2S. The van der Waals surface area contributed by atoms with Crippen LogP contribution < -0.4 is 5.43 Å². The molecule has 4 rings (SSSR count). The fourth-order valence-corrected chi connectivity index (χ4v) is 3.16. The Labute approximate surface area is 163 Å². The maximum absolute atomic E-state index is 12.3. The van der Waals surface area contributed by atoms with Crippen LogP contribution >= 0.6 is 23.4 Å². The van der Waals surface area contributed by atoms with Gasteiger partial charge in [-0.3, -0.25) is 4.79 Å². The van der Waals surface area contributed by atoms with Gasteiger partial charge in [-0.1, -0.05) is 35.0 Å². The van der Waals surface area contributed by atoms with Crippen LogP contribution in [0, 0.1) is 0 Å². The van der Waals surface area contributed by atoms with E-state index in [9.17, 15) is 4.79 Å². The van der Waals surface area contributed by atoms with Gasteiger partial charge in [0, 0.05) is 27.7 Å². The lowest BCUT2D eigenvalue weighted by Crippen LogP contribution is -2.12. The molecule has 27 heavy (non-hydrogen) atoms. The van der Waals surface area contributed by atoms with E-state index in [0.29, 0.717) is 16.4 Å². The minimum Gasteiger partial charge on any atom is -0.332 e. The quantitative estimate of drug-likeness (QED) is 0.478. The van der Waals surface area contributed by atoms with Crippen LogP contribution in [0.15, 0.2) is 75.0 Å². The Morgan fingerprint density at radius 2 is 1.96 bits per heavy atom. The van der Waals surface area contributed by atoms with Gasteiger partial charge in [0.1, 0.15) is 0 Å². The zero-order valence-electron chi connectivity index (χ0n) is 14.2. The Balaban J connectivity index is 1.75. The first-order valence-electron chi connectivity index (χ1n) is 7.98. The maximum Gasteiger partial charge on any atom is 0.282 e. The molecule has 0 bridgehead atoms. The first-order chi connectivity index (χ1) is 13.1. The van der Waals surface area contributed by atoms with Crippen molar-refractivity contribution < 1.29 is 4.52 Å². The molecule has 0 spiro atoms. The van der Waals surface area contributed by atoms with Crippen molar-refractivity contribution in [3.63, 3.8) is 0 Å². The summed E-state index contributed by atoms with van der Waals surface area (Å²) in [5.74, 6) is 0.402. The molecule has 2 aromatic heterocycles. The van der Waals surface area contributed by atoms with Crippen LogP contribution in [-0.4, -0.2) is 26.2 Å². The molecule has 0 aliphatic heterocycles. The van der Waals surface area contributed by atoms with Gasteiger partial charge in [-0.2, -0.15) is 10.1 Å². The standard InChI is InChI=1S/C19H13ClN4O2S/c1-27-15-7-3-6-14(11-15)24-9-8-16(25)17(22-24)19-21-18(23-26-19)12-4-2-5-13(20)10-12/h2-11H,1H3. The third-order valence-corrected chi connectivity index (χ3v) is 4.80. The van der Waals surface area contributed by atoms with E-state index in [1.807, 2.05) is 36.6 Å². The maximum atomic E-state index is 12.3. The van der Waals surface area contributed by atoms with E-state index in [2.05, 4.69) is 15.2 Å². The van der Waals surface area contributed by atoms with E-state index in [0.717, 1.165) is 10.6 Å². The van der Waals surface area contributed by atoms with E-state index in [-0.39, 0.29) is 17.0 Å². The minimum absolute atomic E-state index is 0.0605. The summed E-state index contributed by atoms with van der Waals surface area (Å²) in [7, 11) is 0. The summed E-state index contributed by atoms with van der Waals surface area (Å²) in [6.45, 7) is 0. The van der Waals surface area contributed by atoms with Crippen molar-refractivity contribution >= 4 is 23.4 Å². The summed E-state index contributed by atoms with van der Waals surface area (Å²) in [6.07, 6.45) is 3.61. The summed E-state index contributed by atoms with van der Waals surface area (Å²) in [6, 6.07) is 16.3. The van der Waals surface area contributed by atoms with Crippen LogP contribution in [0.1, 0.15) is 0 Å². The molecule has 4 aromatic rings. The molecular weight excluding hydrogens is 384 g/mol. The van der Waals surface area contributed by atoms with Gasteiger partial charge in [-0.05, 0) is 36.6 Å². The highest BCUT2D eigenvalue weighted by molar-refractivity contribution is 7.98. The van der Waals surface area contributed by atoms with E-state index in [4.69, 9.17) is 16.1 Å². The number of aromatic nitrogens is 4. The number of hydrogen-bond acceptors (Lipinski definition) is 6. The summed E-state index contributed by atoms with van der Waals surface area (Å²) >= 11 is 7.63. The molecule has 0 aliphatic rings. The Morgan fingerprint density at radius 3 is 2.78 bits per heavy atom. The molecule has 0 saturated heterocycles. The van der Waals surface area contributed by atoms with Gasteiger partial charge in [0.25, 0.3) is 5.89 Å². The lowest BCUT2D eigenvalue weighted by molar-refractivity contribution is 0.429. The van der Waals surface area contributed by atoms with Gasteiger partial charge in [-0.25, -0.2) is 4.68 Å². The smallest absolute Gasteiger partial charge is 0.282 e. The normalized spacial score (nSPS) is 10.9. The van der Waals surface area contributed by atoms with Crippen LogP contribution in [0.3, 0.4) is 0 Å². The number of rotatable bonds is 4. The molecule has 134 valence electrons. The molecule has 0 saturated carbocycles. The average molecular weight is 397 g/mol. The van der Waals surface area contributed by atoms with Gasteiger partial charge < -0.3 is 4.52 Å². The van der Waals surface area contributed by atoms with Crippen LogP contribution in [0.2, 0.25) is 5.02 Å². The molecule has 0 unspecified atom stereocenters. The Bertz CT molecular complexity index is 1170. The predicted octanol–water partition coefficient (Wildman–Crippen LogP) is 4.32. The number of benzene rings is 2. The highest BCUT2D eigenvalue weighted by Gasteiger charge is 2.16. The van der Waals surface area contributed by atoms with E-state index < -0.39 is 0 Å². The fraction of sp³-hybridized carbons (Fsp3) is 0.0526. The van der Waals surface area contributed by atoms with Crippen LogP contribution in [-0.2, 0) is 0 Å². The molecule has 0 N–H and O–H groups in total. The predicted molar refractivity (Wildman–Crippen MR) is 105 cm³/mol. The van der Waals surface area contributed by atoms with Crippen molar-refractivity contribution in [1.29, 1.82) is 0 Å². The third-order valence-electron chi connectivity index (χ3n) is 3.84. The Hall–Kier alpha value is -2.90. The first kappa shape index (κ1) is 17.5. The minimum atomic E-state index is -0.298. The van der Waals surface area contributed by atoms with Crippen molar-refractivity contribution in [2.24, 2.45) is 0 Å². The Kier molecular flexibility index (Phi) is 4.79. The van der Waals surface area contributed by atoms with Gasteiger partial charge in [0.05, 0.1) is 5.69 Å². The zero-order chi connectivity index (χ0) is 18.8. The number of thioether (sulfide) groups is 1. The lowest BCUT2D eigenvalue weighted by Gasteiger charge is -2.07. The topological polar surface area (TPSA) is 73.8 Å². The van der Waals surface area contributed by atoms with Crippen molar-refractivity contribution in [3.8, 4) is 28.7 Å². The monoisotopic (exact) mass is 396 g/mol. The van der Waals surface area contributed by atoms with E-state index >= 15 is 0 Å². The summed E-state index contributed by atoms with van der Waals surface area (Å²) < 4.78 is 6.89. The number of nitrogens with zero attached hydrogens (tertiary/aromatic N) is 4. The third kappa shape index (κ3) is 3.65. The van der Waals surface area contributed by atoms with E-state index in [1.54, 1.807) is 40.8 Å². The second-order valence-corrected chi connectivity index (χ2v) is 6.92. The Morgan fingerprint density at radius 1 is 1.11 bits per heavy atom. The van der Waals surface area contributed by atoms with E-state index in [1.165, 1.54) is 6.07 Å². The second-order valence-electron chi connectivity index (χ2n) is 5.61. The van der Waals surface area contributed by atoms with Crippen LogP contribution in [0.4, 0.5) is 0 Å². The van der Waals surface area contributed by atoms with Gasteiger partial charge in [-0.15, -0.1) is 11.8 Å². The summed E-state index contributed by atoms with van der Waals surface area (Å²) in [5, 5.41) is 8.89. The second kappa shape index (κ2) is 7.38. The first-order valence-corrected chi connectivity index (χ1v) is 9.59. The molecule has 8 heteroatoms. The summed E-state index contributed by atoms with van der Waals surface area (Å²) in [5.41, 5.74) is 1.32. The number of hydrogen-bond donors (Lipinski definition) is 0. The fourth-order valence-electron chi connectivity index (χ4n) is 2.52. The zero-order valence-corrected chi connectivity index (χ0v) is 15.7. The van der Waals surface area contributed by atoms with Crippen LogP contribution in [0.25, 0.3) is 28.7 Å². The average Bonchev–Trinajstić information content (AvgIpc) is 3.18. The largest absolute Gasteiger partial charge is 0.332 e. The molecule has 0 fully saturated rings. The van der Waals surface area contributed by atoms with Crippen molar-refractivity contribution in [3.05, 3.63) is 76.0 Å². The van der Waals surface area contributed by atoms with Gasteiger partial charge >= 0.3 is 0 Å². The van der Waals surface area contributed by atoms with Crippen molar-refractivity contribution in [2.75, 3.05) is 6.26 Å². The molecule has 0 atom stereocenters. The molecule has 0 radical (unpaired) electrons. The molecule has 0 aliphatic carbocycles. The van der Waals surface area contributed by atoms with Crippen LogP contribution in [0.5, 0.6) is 0 Å². The lowest BCUT2D eigenvalue weighted by atomic mass is 10.2. The highest BCUT2D eigenvalue weighted by atomic mass is 35.5. The molecule has 2 heterocycles. The SMILES string of the molecule is CSc1cccc(-n2ccc(=O)c(-c3nc(-c4cccc(Cl)c4)no3)n2)c1. The van der Waals surface area contributed by atoms with Gasteiger partial charge in [0.15, 0.2) is 5.69 Å². The number of halogens is 1. The van der Waals surface area contributed by atoms with Crippen molar-refractivity contribution in [2.45, 2.75) is 4.90 Å².